The lowest BCUT2D eigenvalue weighted by Crippen LogP contribution is -2.42. The van der Waals surface area contributed by atoms with E-state index in [-0.39, 0.29) is 5.91 Å². The number of ether oxygens (including phenoxy) is 1. The van der Waals surface area contributed by atoms with Crippen molar-refractivity contribution in [2.45, 2.75) is 65.0 Å². The Morgan fingerprint density at radius 2 is 1.98 bits per heavy atom. The van der Waals surface area contributed by atoms with Gasteiger partial charge in [-0.15, -0.1) is 0 Å². The Kier molecular flexibility index (Phi) is 7.05. The van der Waals surface area contributed by atoms with Gasteiger partial charge >= 0.3 is 6.09 Å². The Balaban J connectivity index is 1.50. The molecule has 218 valence electrons. The highest BCUT2D eigenvalue weighted by Crippen LogP contribution is 2.45. The van der Waals surface area contributed by atoms with E-state index in [2.05, 4.69) is 15.3 Å². The summed E-state index contributed by atoms with van der Waals surface area (Å²) in [7, 11) is 1.53. The molecule has 1 saturated carbocycles. The molecule has 0 spiro atoms. The number of carbonyl (C=O) groups is 3. The van der Waals surface area contributed by atoms with Gasteiger partial charge in [0.05, 0.1) is 45.5 Å². The van der Waals surface area contributed by atoms with Crippen LogP contribution in [0.3, 0.4) is 0 Å². The predicted octanol–water partition coefficient (Wildman–Crippen LogP) is 6.41. The second-order valence-electron chi connectivity index (χ2n) is 11.9. The SMILES string of the molecule is Cc1nc(NC(=O)OC(C)(C)C)sc1-c1c2c(nn1Cc1ccnc3ccc(Cl)cc13)C(CC1CC1)C(=O)N(C)C2=O. The zero-order valence-electron chi connectivity index (χ0n) is 24.0. The van der Waals surface area contributed by atoms with E-state index in [9.17, 15) is 14.4 Å². The lowest BCUT2D eigenvalue weighted by Gasteiger charge is -2.27. The third kappa shape index (κ3) is 5.38. The summed E-state index contributed by atoms with van der Waals surface area (Å²) in [5.41, 5.74) is 3.09. The first-order valence-electron chi connectivity index (χ1n) is 13.8. The summed E-state index contributed by atoms with van der Waals surface area (Å²) in [6.07, 6.45) is 3.90. The normalized spacial score (nSPS) is 17.1. The van der Waals surface area contributed by atoms with Gasteiger partial charge in [-0.2, -0.15) is 5.10 Å². The molecule has 12 heteroatoms. The lowest BCUT2D eigenvalue weighted by atomic mass is 9.89. The standard InChI is InChI=1S/C30H31ClN6O4S/c1-15-25(42-28(33-15)34-29(40)41-30(2,3)4)24-22-23(20(12-16-6-7-16)26(38)36(5)27(22)39)35-37(24)14-17-10-11-32-21-9-8-18(31)13-19(17)21/h8-11,13,16,20H,6-7,12,14H2,1-5H3,(H,33,34,40). The molecule has 6 rings (SSSR count). The predicted molar refractivity (Wildman–Crippen MR) is 161 cm³/mol. The summed E-state index contributed by atoms with van der Waals surface area (Å²) < 4.78 is 7.19. The van der Waals surface area contributed by atoms with E-state index in [0.29, 0.717) is 56.6 Å². The number of anilines is 1. The molecular weight excluding hydrogens is 576 g/mol. The third-order valence-electron chi connectivity index (χ3n) is 7.46. The molecule has 1 atom stereocenters. The van der Waals surface area contributed by atoms with E-state index < -0.39 is 23.5 Å². The van der Waals surface area contributed by atoms with Gasteiger partial charge in [-0.05, 0) is 69.9 Å². The van der Waals surface area contributed by atoms with Crippen LogP contribution >= 0.6 is 22.9 Å². The number of amides is 3. The number of rotatable bonds is 6. The fraction of sp³-hybridized carbons (Fsp3) is 0.400. The van der Waals surface area contributed by atoms with E-state index in [1.54, 1.807) is 37.7 Å². The molecule has 2 aliphatic rings. The molecule has 1 fully saturated rings. The quantitative estimate of drug-likeness (QED) is 0.252. The highest BCUT2D eigenvalue weighted by Gasteiger charge is 2.44. The largest absolute Gasteiger partial charge is 0.444 e. The van der Waals surface area contributed by atoms with Crippen molar-refractivity contribution < 1.29 is 19.1 Å². The van der Waals surface area contributed by atoms with Gasteiger partial charge in [0.1, 0.15) is 5.60 Å². The number of hydrogen-bond donors (Lipinski definition) is 1. The Hall–Kier alpha value is -3.83. The number of nitrogens with one attached hydrogen (secondary N) is 1. The Morgan fingerprint density at radius 3 is 2.69 bits per heavy atom. The van der Waals surface area contributed by atoms with E-state index in [0.717, 1.165) is 29.3 Å². The first kappa shape index (κ1) is 28.3. The first-order chi connectivity index (χ1) is 19.9. The van der Waals surface area contributed by atoms with Crippen molar-refractivity contribution in [3.05, 3.63) is 58.0 Å². The number of likely N-dealkylation sites (N-methyl/N-ethyl adjacent to an activating group) is 1. The fourth-order valence-corrected chi connectivity index (χ4v) is 6.51. The first-order valence-corrected chi connectivity index (χ1v) is 15.0. The van der Waals surface area contributed by atoms with Crippen molar-refractivity contribution in [3.63, 3.8) is 0 Å². The van der Waals surface area contributed by atoms with Crippen LogP contribution in [0.25, 0.3) is 21.5 Å². The average Bonchev–Trinajstić information content (AvgIpc) is 3.56. The number of imide groups is 1. The monoisotopic (exact) mass is 606 g/mol. The van der Waals surface area contributed by atoms with Crippen molar-refractivity contribution in [1.82, 2.24) is 24.6 Å². The van der Waals surface area contributed by atoms with Crippen LogP contribution < -0.4 is 5.32 Å². The second-order valence-corrected chi connectivity index (χ2v) is 13.3. The van der Waals surface area contributed by atoms with Crippen LogP contribution in [0.15, 0.2) is 30.5 Å². The smallest absolute Gasteiger partial charge is 0.413 e. The van der Waals surface area contributed by atoms with Gasteiger partial charge in [0.2, 0.25) is 5.91 Å². The molecule has 0 bridgehead atoms. The number of nitrogens with zero attached hydrogens (tertiary/aromatic N) is 5. The maximum absolute atomic E-state index is 13.8. The van der Waals surface area contributed by atoms with Crippen molar-refractivity contribution >= 4 is 56.9 Å². The molecule has 42 heavy (non-hydrogen) atoms. The Bertz CT molecular complexity index is 1750. The number of pyridine rings is 1. The van der Waals surface area contributed by atoms with Crippen LogP contribution in [0.5, 0.6) is 0 Å². The maximum Gasteiger partial charge on any atom is 0.413 e. The molecule has 1 aliphatic carbocycles. The van der Waals surface area contributed by atoms with Gasteiger partial charge in [0, 0.05) is 23.7 Å². The number of halogens is 1. The molecule has 3 aromatic heterocycles. The molecule has 0 saturated heterocycles. The number of carbonyl (C=O) groups excluding carboxylic acids is 3. The summed E-state index contributed by atoms with van der Waals surface area (Å²) in [6, 6.07) is 7.42. The van der Waals surface area contributed by atoms with Crippen LogP contribution in [-0.4, -0.2) is 55.2 Å². The van der Waals surface area contributed by atoms with Gasteiger partial charge in [0.15, 0.2) is 5.13 Å². The fourth-order valence-electron chi connectivity index (χ4n) is 5.33. The minimum atomic E-state index is -0.673. The van der Waals surface area contributed by atoms with Gasteiger partial charge in [-0.1, -0.05) is 35.8 Å². The molecule has 0 radical (unpaired) electrons. The second kappa shape index (κ2) is 10.5. The summed E-state index contributed by atoms with van der Waals surface area (Å²) in [5, 5.41) is 9.47. The zero-order chi connectivity index (χ0) is 29.9. The number of benzene rings is 1. The van der Waals surface area contributed by atoms with Crippen molar-refractivity contribution in [3.8, 4) is 10.6 Å². The highest BCUT2D eigenvalue weighted by atomic mass is 35.5. The van der Waals surface area contributed by atoms with Gasteiger partial charge in [-0.3, -0.25) is 29.5 Å². The average molecular weight is 607 g/mol. The van der Waals surface area contributed by atoms with Gasteiger partial charge in [0.25, 0.3) is 5.91 Å². The van der Waals surface area contributed by atoms with Crippen molar-refractivity contribution in [2.24, 2.45) is 5.92 Å². The van der Waals surface area contributed by atoms with E-state index in [1.807, 2.05) is 25.1 Å². The molecule has 10 nitrogen and oxygen atoms in total. The van der Waals surface area contributed by atoms with E-state index >= 15 is 0 Å². The van der Waals surface area contributed by atoms with Crippen molar-refractivity contribution in [1.29, 1.82) is 0 Å². The zero-order valence-corrected chi connectivity index (χ0v) is 25.6. The summed E-state index contributed by atoms with van der Waals surface area (Å²) in [4.78, 5) is 50.6. The van der Waals surface area contributed by atoms with Crippen LogP contribution in [0, 0.1) is 12.8 Å². The number of hydrogen-bond acceptors (Lipinski definition) is 8. The number of aromatic nitrogens is 4. The highest BCUT2D eigenvalue weighted by molar-refractivity contribution is 7.19. The topological polar surface area (TPSA) is 119 Å². The van der Waals surface area contributed by atoms with Crippen LogP contribution in [0.1, 0.15) is 73.3 Å². The van der Waals surface area contributed by atoms with Crippen LogP contribution in [0.4, 0.5) is 9.93 Å². The molecule has 4 aromatic rings. The minimum absolute atomic E-state index is 0.231. The van der Waals surface area contributed by atoms with E-state index in [1.165, 1.54) is 23.3 Å². The molecule has 1 N–H and O–H groups in total. The van der Waals surface area contributed by atoms with E-state index in [4.69, 9.17) is 21.4 Å². The molecule has 4 heterocycles. The van der Waals surface area contributed by atoms with Crippen LogP contribution in [0.2, 0.25) is 5.02 Å². The lowest BCUT2D eigenvalue weighted by molar-refractivity contribution is -0.130. The van der Waals surface area contributed by atoms with Gasteiger partial charge < -0.3 is 4.74 Å². The summed E-state index contributed by atoms with van der Waals surface area (Å²) in [6.45, 7) is 7.48. The number of aryl methyl sites for hydroxylation is 1. The van der Waals surface area contributed by atoms with Crippen LogP contribution in [-0.2, 0) is 16.1 Å². The summed E-state index contributed by atoms with van der Waals surface area (Å²) >= 11 is 7.58. The number of fused-ring (bicyclic) bond motifs is 2. The Labute approximate surface area is 252 Å². The molecule has 3 amide bonds. The van der Waals surface area contributed by atoms with Gasteiger partial charge in [-0.25, -0.2) is 9.78 Å². The molecule has 1 unspecified atom stereocenters. The van der Waals surface area contributed by atoms with Crippen molar-refractivity contribution in [2.75, 3.05) is 12.4 Å². The Morgan fingerprint density at radius 1 is 1.21 bits per heavy atom. The number of thiazole rings is 1. The minimum Gasteiger partial charge on any atom is -0.444 e. The third-order valence-corrected chi connectivity index (χ3v) is 8.77. The molecular formula is C30H31ClN6O4S. The molecule has 1 aromatic carbocycles. The maximum atomic E-state index is 13.8. The summed E-state index contributed by atoms with van der Waals surface area (Å²) in [5.74, 6) is -0.695. The molecule has 1 aliphatic heterocycles.